The minimum atomic E-state index is 1.22. The van der Waals surface area contributed by atoms with E-state index in [4.69, 9.17) is 0 Å². The van der Waals surface area contributed by atoms with Crippen LogP contribution in [0, 0.1) is 0 Å². The summed E-state index contributed by atoms with van der Waals surface area (Å²) in [6.07, 6.45) is 0. The third-order valence-corrected chi connectivity index (χ3v) is 9.41. The standard InChI is InChI=1S/C46H30/c1-3-15-33(16-4-1)41-29-43-44(30-42(41)34-17-5-2-6-18-34)46(38-26-24-32-14-8-10-20-36(32)28-38)40-22-12-11-21-39(40)45(43)37-25-23-31-13-7-9-19-35(31)27-37/h1-30H. The number of hydrogen-bond acceptors (Lipinski definition) is 0. The lowest BCUT2D eigenvalue weighted by Crippen LogP contribution is -1.94. The summed E-state index contributed by atoms with van der Waals surface area (Å²) >= 11 is 0. The van der Waals surface area contributed by atoms with Crippen LogP contribution in [-0.2, 0) is 0 Å². The SMILES string of the molecule is c1ccc(-c2cc3c(-c4ccc5ccccc5c4)c4ccccc4c(-c4ccc5ccccc5c4)c3cc2-c2ccccc2)cc1. The second kappa shape index (κ2) is 10.9. The first-order valence-electron chi connectivity index (χ1n) is 15.9. The van der Waals surface area contributed by atoms with Gasteiger partial charge < -0.3 is 0 Å². The van der Waals surface area contributed by atoms with Crippen LogP contribution < -0.4 is 0 Å². The van der Waals surface area contributed by atoms with Crippen molar-refractivity contribution >= 4 is 43.1 Å². The van der Waals surface area contributed by atoms with E-state index in [0.717, 1.165) is 0 Å². The lowest BCUT2D eigenvalue weighted by Gasteiger charge is -2.21. The number of fused-ring (bicyclic) bond motifs is 4. The predicted octanol–water partition coefficient (Wildman–Crippen LogP) is 13.0. The molecule has 0 nitrogen and oxygen atoms in total. The van der Waals surface area contributed by atoms with Crippen LogP contribution in [0.5, 0.6) is 0 Å². The first kappa shape index (κ1) is 26.4. The first-order valence-corrected chi connectivity index (χ1v) is 15.9. The predicted molar refractivity (Wildman–Crippen MR) is 198 cm³/mol. The molecular weight excluding hydrogens is 553 g/mol. The molecule has 9 aromatic rings. The van der Waals surface area contributed by atoms with Crippen LogP contribution in [0.25, 0.3) is 87.6 Å². The van der Waals surface area contributed by atoms with Crippen molar-refractivity contribution in [2.75, 3.05) is 0 Å². The molecule has 0 N–H and O–H groups in total. The normalized spacial score (nSPS) is 11.5. The van der Waals surface area contributed by atoms with Crippen molar-refractivity contribution < 1.29 is 0 Å². The lowest BCUT2D eigenvalue weighted by molar-refractivity contribution is 1.60. The van der Waals surface area contributed by atoms with Crippen LogP contribution in [0.1, 0.15) is 0 Å². The molecule has 0 amide bonds. The average molecular weight is 583 g/mol. The maximum Gasteiger partial charge on any atom is -0.00259 e. The van der Waals surface area contributed by atoms with Gasteiger partial charge >= 0.3 is 0 Å². The third kappa shape index (κ3) is 4.38. The summed E-state index contributed by atoms with van der Waals surface area (Å²) in [5.41, 5.74) is 9.92. The zero-order chi connectivity index (χ0) is 30.5. The molecule has 9 aromatic carbocycles. The molecule has 46 heavy (non-hydrogen) atoms. The van der Waals surface area contributed by atoms with Crippen molar-refractivity contribution in [3.8, 4) is 44.5 Å². The second-order valence-corrected chi connectivity index (χ2v) is 12.1. The van der Waals surface area contributed by atoms with E-state index in [1.54, 1.807) is 0 Å². The van der Waals surface area contributed by atoms with Gasteiger partial charge in [0.15, 0.2) is 0 Å². The minimum Gasteiger partial charge on any atom is -0.0622 e. The highest BCUT2D eigenvalue weighted by Gasteiger charge is 2.20. The van der Waals surface area contributed by atoms with E-state index >= 15 is 0 Å². The summed E-state index contributed by atoms with van der Waals surface area (Å²) in [6.45, 7) is 0. The Morgan fingerprint density at radius 1 is 0.217 bits per heavy atom. The van der Waals surface area contributed by atoms with Crippen LogP contribution >= 0.6 is 0 Å². The van der Waals surface area contributed by atoms with Crippen molar-refractivity contribution in [1.82, 2.24) is 0 Å². The molecule has 0 aliphatic rings. The summed E-state index contributed by atoms with van der Waals surface area (Å²) in [4.78, 5) is 0. The minimum absolute atomic E-state index is 1.22. The molecule has 0 aliphatic carbocycles. The van der Waals surface area contributed by atoms with E-state index in [9.17, 15) is 0 Å². The molecule has 0 heteroatoms. The maximum absolute atomic E-state index is 2.45. The van der Waals surface area contributed by atoms with E-state index < -0.39 is 0 Å². The molecule has 0 fully saturated rings. The number of hydrogen-bond donors (Lipinski definition) is 0. The Labute approximate surface area is 268 Å². The molecule has 0 spiro atoms. The van der Waals surface area contributed by atoms with Gasteiger partial charge in [-0.2, -0.15) is 0 Å². The molecule has 0 aliphatic heterocycles. The monoisotopic (exact) mass is 582 g/mol. The fourth-order valence-electron chi connectivity index (χ4n) is 7.25. The van der Waals surface area contributed by atoms with Crippen LogP contribution in [0.2, 0.25) is 0 Å². The first-order chi connectivity index (χ1) is 22.8. The van der Waals surface area contributed by atoms with Gasteiger partial charge in [0.1, 0.15) is 0 Å². The maximum atomic E-state index is 2.45. The summed E-state index contributed by atoms with van der Waals surface area (Å²) in [5.74, 6) is 0. The molecule has 0 heterocycles. The van der Waals surface area contributed by atoms with Crippen molar-refractivity contribution in [3.63, 3.8) is 0 Å². The molecule has 0 bridgehead atoms. The van der Waals surface area contributed by atoms with Crippen LogP contribution in [-0.4, -0.2) is 0 Å². The van der Waals surface area contributed by atoms with Gasteiger partial charge in [0.05, 0.1) is 0 Å². The van der Waals surface area contributed by atoms with Gasteiger partial charge in [0, 0.05) is 0 Å². The number of benzene rings is 9. The summed E-state index contributed by atoms with van der Waals surface area (Å²) < 4.78 is 0. The fourth-order valence-corrected chi connectivity index (χ4v) is 7.25. The van der Waals surface area contributed by atoms with Crippen molar-refractivity contribution in [3.05, 3.63) is 182 Å². The molecule has 9 rings (SSSR count). The Bertz CT molecular complexity index is 2380. The summed E-state index contributed by atoms with van der Waals surface area (Å²) in [6, 6.07) is 66.7. The highest BCUT2D eigenvalue weighted by molar-refractivity contribution is 6.23. The number of rotatable bonds is 4. The highest BCUT2D eigenvalue weighted by Crippen LogP contribution is 2.48. The Balaban J connectivity index is 1.48. The van der Waals surface area contributed by atoms with E-state index in [1.165, 1.54) is 87.6 Å². The quantitative estimate of drug-likeness (QED) is 0.181. The van der Waals surface area contributed by atoms with Gasteiger partial charge in [0.25, 0.3) is 0 Å². The molecule has 214 valence electrons. The van der Waals surface area contributed by atoms with E-state index in [2.05, 4.69) is 182 Å². The molecule has 0 atom stereocenters. The topological polar surface area (TPSA) is 0 Å². The fraction of sp³-hybridized carbons (Fsp3) is 0. The zero-order valence-electron chi connectivity index (χ0n) is 25.3. The average Bonchev–Trinajstić information content (AvgIpc) is 3.13. The van der Waals surface area contributed by atoms with Gasteiger partial charge in [-0.25, -0.2) is 0 Å². The summed E-state index contributed by atoms with van der Waals surface area (Å²) in [5, 5.41) is 10.1. The zero-order valence-corrected chi connectivity index (χ0v) is 25.3. The Morgan fingerprint density at radius 3 is 1.02 bits per heavy atom. The van der Waals surface area contributed by atoms with E-state index in [-0.39, 0.29) is 0 Å². The van der Waals surface area contributed by atoms with Gasteiger partial charge in [-0.3, -0.25) is 0 Å². The summed E-state index contributed by atoms with van der Waals surface area (Å²) in [7, 11) is 0. The Kier molecular flexibility index (Phi) is 6.25. The smallest absolute Gasteiger partial charge is 0.00259 e. The van der Waals surface area contributed by atoms with Crippen LogP contribution in [0.3, 0.4) is 0 Å². The van der Waals surface area contributed by atoms with Gasteiger partial charge in [-0.15, -0.1) is 0 Å². The molecular formula is C46H30. The Morgan fingerprint density at radius 2 is 0.587 bits per heavy atom. The van der Waals surface area contributed by atoms with Gasteiger partial charge in [-0.1, -0.05) is 158 Å². The van der Waals surface area contributed by atoms with E-state index in [0.29, 0.717) is 0 Å². The highest BCUT2D eigenvalue weighted by atomic mass is 14.2. The third-order valence-electron chi connectivity index (χ3n) is 9.41. The van der Waals surface area contributed by atoms with Crippen LogP contribution in [0.4, 0.5) is 0 Å². The lowest BCUT2D eigenvalue weighted by atomic mass is 9.82. The van der Waals surface area contributed by atoms with Crippen LogP contribution in [0.15, 0.2) is 182 Å². The molecule has 0 aromatic heterocycles. The van der Waals surface area contributed by atoms with Crippen molar-refractivity contribution in [1.29, 1.82) is 0 Å². The molecule has 0 unspecified atom stereocenters. The second-order valence-electron chi connectivity index (χ2n) is 12.1. The van der Waals surface area contributed by atoms with Gasteiger partial charge in [0.2, 0.25) is 0 Å². The van der Waals surface area contributed by atoms with Crippen molar-refractivity contribution in [2.45, 2.75) is 0 Å². The molecule has 0 saturated carbocycles. The van der Waals surface area contributed by atoms with E-state index in [1.807, 2.05) is 0 Å². The largest absolute Gasteiger partial charge is 0.0622 e. The van der Waals surface area contributed by atoms with Gasteiger partial charge in [-0.05, 0) is 112 Å². The molecule has 0 saturated heterocycles. The molecule has 0 radical (unpaired) electrons. The van der Waals surface area contributed by atoms with Crippen molar-refractivity contribution in [2.24, 2.45) is 0 Å². The Hall–Kier alpha value is -5.98.